The van der Waals surface area contributed by atoms with Crippen LogP contribution in [0.4, 0.5) is 4.39 Å². The second-order valence-electron chi connectivity index (χ2n) is 10.7. The van der Waals surface area contributed by atoms with Crippen molar-refractivity contribution in [3.05, 3.63) is 89.8 Å². The van der Waals surface area contributed by atoms with Crippen molar-refractivity contribution in [3.8, 4) is 17.2 Å². The average Bonchev–Trinajstić information content (AvgIpc) is 2.95. The molecule has 2 unspecified atom stereocenters. The molecule has 2 aromatic rings. The molecule has 5 heteroatoms. The van der Waals surface area contributed by atoms with Crippen LogP contribution in [0.3, 0.4) is 0 Å². The lowest BCUT2D eigenvalue weighted by Gasteiger charge is -2.20. The summed E-state index contributed by atoms with van der Waals surface area (Å²) in [6, 6.07) is 13.0. The first-order valence-electron chi connectivity index (χ1n) is 14.2. The van der Waals surface area contributed by atoms with Gasteiger partial charge in [-0.3, -0.25) is 4.79 Å². The highest BCUT2D eigenvalue weighted by Gasteiger charge is 2.23. The lowest BCUT2D eigenvalue weighted by Crippen LogP contribution is -2.33. The monoisotopic (exact) mass is 548 g/mol. The number of hydrogen-bond donors (Lipinski definition) is 1. The third-order valence-electron chi connectivity index (χ3n) is 7.36. The summed E-state index contributed by atoms with van der Waals surface area (Å²) in [5.41, 5.74) is 5.42. The quantitative estimate of drug-likeness (QED) is 0.254. The van der Waals surface area contributed by atoms with Gasteiger partial charge in [0.05, 0.1) is 18.2 Å². The maximum Gasteiger partial charge on any atom is 0.163 e. The van der Waals surface area contributed by atoms with Crippen LogP contribution in [0.2, 0.25) is 0 Å². The van der Waals surface area contributed by atoms with E-state index in [4.69, 9.17) is 4.74 Å². The molecule has 0 saturated carbocycles. The maximum atomic E-state index is 14.8. The minimum atomic E-state index is -0.411. The zero-order chi connectivity index (χ0) is 29.7. The van der Waals surface area contributed by atoms with Gasteiger partial charge in [-0.15, -0.1) is 13.2 Å². The topological polar surface area (TPSA) is 62.1 Å². The van der Waals surface area contributed by atoms with Gasteiger partial charge in [0.1, 0.15) is 5.82 Å². The predicted octanol–water partition coefficient (Wildman–Crippen LogP) is 8.69. The van der Waals surface area contributed by atoms with Gasteiger partial charge in [0.15, 0.2) is 5.78 Å². The second kappa shape index (κ2) is 16.7. The van der Waals surface area contributed by atoms with E-state index in [2.05, 4.69) is 38.4 Å². The molecule has 0 heterocycles. The molecule has 2 aromatic carbocycles. The highest BCUT2D eigenvalue weighted by molar-refractivity contribution is 6.02. The number of allylic oxidation sites excluding steroid dienone is 1. The van der Waals surface area contributed by atoms with E-state index in [1.54, 1.807) is 19.3 Å². The highest BCUT2D eigenvalue weighted by atomic mass is 19.1. The fourth-order valence-electron chi connectivity index (χ4n) is 4.67. The van der Waals surface area contributed by atoms with Crippen LogP contribution >= 0.6 is 0 Å². The normalized spacial score (nSPS) is 16.1. The van der Waals surface area contributed by atoms with Crippen molar-refractivity contribution < 1.29 is 16.8 Å². The molecule has 0 bridgehead atoms. The summed E-state index contributed by atoms with van der Waals surface area (Å²) in [4.78, 5) is 12.2. The Labute approximate surface area is 243 Å². The van der Waals surface area contributed by atoms with Crippen LogP contribution in [0.5, 0.6) is 0 Å². The van der Waals surface area contributed by atoms with Crippen LogP contribution in [-0.2, 0) is 16.0 Å². The summed E-state index contributed by atoms with van der Waals surface area (Å²) in [7, 11) is 1.72. The van der Waals surface area contributed by atoms with Crippen molar-refractivity contribution in [2.75, 3.05) is 13.7 Å². The van der Waals surface area contributed by atoms with Crippen molar-refractivity contribution >= 4 is 11.9 Å². The number of nitrogens with zero attached hydrogens (tertiary/aromatic N) is 1. The summed E-state index contributed by atoms with van der Waals surface area (Å²) >= 11 is 0. The fourth-order valence-corrected chi connectivity index (χ4v) is 4.67. The molecule has 0 spiro atoms. The van der Waals surface area contributed by atoms with Crippen molar-refractivity contribution in [2.45, 2.75) is 77.9 Å². The summed E-state index contributed by atoms with van der Waals surface area (Å²) in [5.74, 6) is 0.155. The van der Waals surface area contributed by atoms with E-state index in [-0.39, 0.29) is 26.5 Å². The van der Waals surface area contributed by atoms with Gasteiger partial charge in [0.25, 0.3) is 0 Å². The zero-order valence-electron chi connectivity index (χ0n) is 24.8. The second-order valence-corrected chi connectivity index (χ2v) is 10.7. The molecule has 4 atom stereocenters. The van der Waals surface area contributed by atoms with Gasteiger partial charge < -0.3 is 10.1 Å². The smallest absolute Gasteiger partial charge is 0.163 e. The van der Waals surface area contributed by atoms with E-state index < -0.39 is 6.04 Å². The van der Waals surface area contributed by atoms with E-state index >= 15 is 0 Å². The number of halogens is 1. The molecule has 40 heavy (non-hydrogen) atoms. The number of carbonyl (C=O) groups is 1. The number of nitrogens with one attached hydrogen (secondary N) is 1. The van der Waals surface area contributed by atoms with Crippen molar-refractivity contribution in [1.82, 2.24) is 5.32 Å². The van der Waals surface area contributed by atoms with E-state index in [0.717, 1.165) is 60.1 Å². The summed E-state index contributed by atoms with van der Waals surface area (Å²) in [6.45, 7) is 16.5. The highest BCUT2D eigenvalue weighted by Crippen LogP contribution is 2.34. The van der Waals surface area contributed by atoms with E-state index in [1.807, 2.05) is 50.3 Å². The lowest BCUT2D eigenvalue weighted by atomic mass is 9.83. The van der Waals surface area contributed by atoms with E-state index in [9.17, 15) is 14.4 Å². The predicted molar refractivity (Wildman–Crippen MR) is 169 cm³/mol. The Morgan fingerprint density at radius 2 is 1.93 bits per heavy atom. The van der Waals surface area contributed by atoms with Gasteiger partial charge in [-0.1, -0.05) is 69.2 Å². The average molecular weight is 549 g/mol. The number of fused-ring (bicyclic) bond motifs is 1. The summed E-state index contributed by atoms with van der Waals surface area (Å²) in [5, 5.41) is 12.6. The first kappa shape index (κ1) is 32.9. The number of rotatable bonds is 13. The van der Waals surface area contributed by atoms with Crippen LogP contribution in [0.1, 0.15) is 78.8 Å². The molecule has 0 aromatic heterocycles. The molecule has 1 aliphatic rings. The molecule has 0 saturated heterocycles. The third-order valence-corrected chi connectivity index (χ3v) is 7.36. The number of hydrogen-bond acceptors (Lipinski definition) is 4. The van der Waals surface area contributed by atoms with Gasteiger partial charge in [-0.25, -0.2) is 4.39 Å². The van der Waals surface area contributed by atoms with Gasteiger partial charge in [0, 0.05) is 22.3 Å². The first-order chi connectivity index (χ1) is 19.2. The Morgan fingerprint density at radius 1 is 1.23 bits per heavy atom. The van der Waals surface area contributed by atoms with Crippen LogP contribution in [0.15, 0.2) is 67.3 Å². The molecule has 0 amide bonds. The molecule has 218 valence electrons. The maximum absolute atomic E-state index is 14.8. The third kappa shape index (κ3) is 9.70. The van der Waals surface area contributed by atoms with Crippen molar-refractivity contribution in [3.63, 3.8) is 0 Å². The van der Waals surface area contributed by atoms with Gasteiger partial charge >= 0.3 is 0 Å². The number of carbonyl (C=O) groups excluding carboxylic acids is 1. The molecule has 4 nitrogen and oxygen atoms in total. The number of ketones is 1. The van der Waals surface area contributed by atoms with Crippen LogP contribution in [0, 0.1) is 23.1 Å². The zero-order valence-corrected chi connectivity index (χ0v) is 24.8. The molecule has 3 rings (SSSR count). The molecule has 0 radical (unpaired) electrons. The van der Waals surface area contributed by atoms with Gasteiger partial charge in [-0.2, -0.15) is 5.26 Å². The SMILES string of the molecule is C=CCC(CC(=C)C)OC.CCC1C(=O)C=Cc2ccc(-c3ccc(C[C@@H](C#N)NC[C@@H](C)CC)c(F)c3)cc21.[HH].[HH]. The molecule has 0 aliphatic heterocycles. The van der Waals surface area contributed by atoms with E-state index in [1.165, 1.54) is 6.07 Å². The fraction of sp³-hybridized carbons (Fsp3) is 0.429. The minimum absolute atomic E-state index is 0. The molecule has 1 aliphatic carbocycles. The number of benzene rings is 2. The first-order valence-corrected chi connectivity index (χ1v) is 14.2. The van der Waals surface area contributed by atoms with Crippen molar-refractivity contribution in [2.24, 2.45) is 5.92 Å². The number of nitriles is 1. The van der Waals surface area contributed by atoms with Gasteiger partial charge in [-0.05, 0) is 84.7 Å². The Bertz CT molecular complexity index is 1240. The Hall–Kier alpha value is -3.33. The van der Waals surface area contributed by atoms with Crippen LogP contribution in [-0.4, -0.2) is 31.6 Å². The van der Waals surface area contributed by atoms with Crippen LogP contribution in [0.25, 0.3) is 17.2 Å². The minimum Gasteiger partial charge on any atom is -0.381 e. The molecule has 1 N–H and O–H groups in total. The largest absolute Gasteiger partial charge is 0.381 e. The van der Waals surface area contributed by atoms with Crippen LogP contribution < -0.4 is 5.32 Å². The Balaban J connectivity index is 0.00000121. The summed E-state index contributed by atoms with van der Waals surface area (Å²) < 4.78 is 20.0. The number of methoxy groups -OCH3 is 1. The number of ether oxygens (including phenoxy) is 1. The van der Waals surface area contributed by atoms with Crippen molar-refractivity contribution in [1.29, 1.82) is 5.26 Å². The van der Waals surface area contributed by atoms with E-state index in [0.29, 0.717) is 17.9 Å². The van der Waals surface area contributed by atoms with Gasteiger partial charge in [0.2, 0.25) is 0 Å². The molecular weight excluding hydrogens is 499 g/mol. The Kier molecular flexibility index (Phi) is 13.7. The molecule has 0 fully saturated rings. The standard InChI is InChI=1S/C26H29FN2O.C9H16O.2H2/c1-4-17(3)16-29-22(15-28)12-21-9-8-20(14-25(21)27)19-7-6-18-10-11-26(30)23(5-2)24(18)13-19;1-5-6-9(10-4)7-8(2)3;;/h6-11,13-14,17,22-23,29H,4-5,12,16H2,1-3H3;5,9H,1-2,6-7H2,3-4H3;2*1H/t17-,22-,23?;;;/m0.../s1. The Morgan fingerprint density at radius 3 is 2.50 bits per heavy atom. The molecular formula is C35H49FN2O2. The summed E-state index contributed by atoms with van der Waals surface area (Å²) in [6.07, 6.45) is 9.59. The lowest BCUT2D eigenvalue weighted by molar-refractivity contribution is -0.116.